The van der Waals surface area contributed by atoms with E-state index in [0.29, 0.717) is 6.47 Å². The van der Waals surface area contributed by atoms with Crippen molar-refractivity contribution < 1.29 is 19.0 Å². The standard InChI is InChI=1S/C12H14O4/c1-14-11-6-10(4-3-5-16-9-13)7-12(8-11)15-2/h3-4,6-9H,5H2,1-2H3. The van der Waals surface area contributed by atoms with Gasteiger partial charge in [-0.2, -0.15) is 0 Å². The summed E-state index contributed by atoms with van der Waals surface area (Å²) in [5.41, 5.74) is 0.922. The number of benzene rings is 1. The number of hydrogen-bond acceptors (Lipinski definition) is 4. The van der Waals surface area contributed by atoms with Gasteiger partial charge in [0.15, 0.2) is 0 Å². The SMILES string of the molecule is COc1cc(C=CCOC=O)cc(OC)c1. The van der Waals surface area contributed by atoms with Gasteiger partial charge in [0.2, 0.25) is 0 Å². The van der Waals surface area contributed by atoms with Crippen molar-refractivity contribution in [2.24, 2.45) is 0 Å². The molecule has 86 valence electrons. The van der Waals surface area contributed by atoms with Crippen LogP contribution in [0, 0.1) is 0 Å². The summed E-state index contributed by atoms with van der Waals surface area (Å²) in [6.07, 6.45) is 3.57. The molecule has 0 fully saturated rings. The summed E-state index contributed by atoms with van der Waals surface area (Å²) in [5, 5.41) is 0. The molecule has 1 rings (SSSR count). The molecule has 0 saturated heterocycles. The third-order valence-electron chi connectivity index (χ3n) is 1.94. The minimum Gasteiger partial charge on any atom is -0.497 e. The number of rotatable bonds is 6. The Morgan fingerprint density at radius 3 is 2.25 bits per heavy atom. The van der Waals surface area contributed by atoms with E-state index in [1.807, 2.05) is 18.2 Å². The van der Waals surface area contributed by atoms with Gasteiger partial charge < -0.3 is 14.2 Å². The van der Waals surface area contributed by atoms with Crippen molar-refractivity contribution in [2.45, 2.75) is 0 Å². The van der Waals surface area contributed by atoms with Crippen molar-refractivity contribution in [1.82, 2.24) is 0 Å². The Hall–Kier alpha value is -1.97. The van der Waals surface area contributed by atoms with Gasteiger partial charge in [0.1, 0.15) is 18.1 Å². The molecule has 4 heteroatoms. The molecule has 4 nitrogen and oxygen atoms in total. The second-order valence-electron chi connectivity index (χ2n) is 2.98. The first-order valence-corrected chi connectivity index (χ1v) is 4.75. The largest absolute Gasteiger partial charge is 0.497 e. The maximum absolute atomic E-state index is 9.92. The number of carbonyl (C=O) groups excluding carboxylic acids is 1. The quantitative estimate of drug-likeness (QED) is 0.544. The summed E-state index contributed by atoms with van der Waals surface area (Å²) in [4.78, 5) is 9.92. The summed E-state index contributed by atoms with van der Waals surface area (Å²) < 4.78 is 14.8. The smallest absolute Gasteiger partial charge is 0.293 e. The van der Waals surface area contributed by atoms with Crippen molar-refractivity contribution in [2.75, 3.05) is 20.8 Å². The maximum atomic E-state index is 9.92. The van der Waals surface area contributed by atoms with Gasteiger partial charge in [0.25, 0.3) is 6.47 Å². The Labute approximate surface area is 94.4 Å². The molecule has 0 bridgehead atoms. The van der Waals surface area contributed by atoms with Gasteiger partial charge >= 0.3 is 0 Å². The van der Waals surface area contributed by atoms with E-state index in [0.717, 1.165) is 17.1 Å². The summed E-state index contributed by atoms with van der Waals surface area (Å²) in [7, 11) is 3.19. The molecule has 1 aromatic rings. The van der Waals surface area contributed by atoms with Crippen LogP contribution in [-0.2, 0) is 9.53 Å². The summed E-state index contributed by atoms with van der Waals surface area (Å²) in [5.74, 6) is 1.44. The van der Waals surface area contributed by atoms with E-state index in [4.69, 9.17) is 9.47 Å². The first-order chi connectivity index (χ1) is 7.80. The molecular weight excluding hydrogens is 208 g/mol. The van der Waals surface area contributed by atoms with Gasteiger partial charge in [-0.3, -0.25) is 4.79 Å². The zero-order valence-corrected chi connectivity index (χ0v) is 9.30. The second kappa shape index (κ2) is 6.50. The van der Waals surface area contributed by atoms with Crippen molar-refractivity contribution in [3.8, 4) is 11.5 Å². The van der Waals surface area contributed by atoms with E-state index in [1.54, 1.807) is 26.4 Å². The van der Waals surface area contributed by atoms with Gasteiger partial charge in [-0.05, 0) is 23.8 Å². The van der Waals surface area contributed by atoms with Crippen LogP contribution in [0.15, 0.2) is 24.3 Å². The molecule has 0 aromatic heterocycles. The molecule has 0 aliphatic rings. The van der Waals surface area contributed by atoms with Crippen LogP contribution in [0.4, 0.5) is 0 Å². The second-order valence-corrected chi connectivity index (χ2v) is 2.98. The van der Waals surface area contributed by atoms with Crippen molar-refractivity contribution in [1.29, 1.82) is 0 Å². The van der Waals surface area contributed by atoms with Crippen LogP contribution in [-0.4, -0.2) is 27.3 Å². The van der Waals surface area contributed by atoms with Crippen LogP contribution in [0.5, 0.6) is 11.5 Å². The lowest BCUT2D eigenvalue weighted by molar-refractivity contribution is -0.127. The zero-order chi connectivity index (χ0) is 11.8. The molecular formula is C12H14O4. The van der Waals surface area contributed by atoms with E-state index in [9.17, 15) is 4.79 Å². The van der Waals surface area contributed by atoms with Gasteiger partial charge in [0.05, 0.1) is 14.2 Å². The van der Waals surface area contributed by atoms with Crippen LogP contribution in [0.1, 0.15) is 5.56 Å². The van der Waals surface area contributed by atoms with E-state index in [1.165, 1.54) is 0 Å². The molecule has 0 radical (unpaired) electrons. The lowest BCUT2D eigenvalue weighted by Gasteiger charge is -2.05. The highest BCUT2D eigenvalue weighted by Gasteiger charge is 1.98. The molecule has 0 amide bonds. The third kappa shape index (κ3) is 3.65. The molecule has 0 saturated carbocycles. The van der Waals surface area contributed by atoms with Crippen LogP contribution < -0.4 is 9.47 Å². The van der Waals surface area contributed by atoms with Crippen LogP contribution in [0.25, 0.3) is 6.08 Å². The minimum absolute atomic E-state index is 0.253. The van der Waals surface area contributed by atoms with Crippen LogP contribution in [0.3, 0.4) is 0 Å². The predicted octanol–water partition coefficient (Wildman–Crippen LogP) is 1.89. The van der Waals surface area contributed by atoms with Crippen LogP contribution >= 0.6 is 0 Å². The molecule has 0 aliphatic heterocycles. The molecule has 0 spiro atoms. The third-order valence-corrected chi connectivity index (χ3v) is 1.94. The number of carbonyl (C=O) groups is 1. The Kier molecular flexibility index (Phi) is 4.92. The molecule has 0 aliphatic carbocycles. The summed E-state index contributed by atoms with van der Waals surface area (Å²) >= 11 is 0. The number of hydrogen-bond donors (Lipinski definition) is 0. The first-order valence-electron chi connectivity index (χ1n) is 4.75. The monoisotopic (exact) mass is 222 g/mol. The van der Waals surface area contributed by atoms with E-state index >= 15 is 0 Å². The van der Waals surface area contributed by atoms with Crippen molar-refractivity contribution in [3.05, 3.63) is 29.8 Å². The maximum Gasteiger partial charge on any atom is 0.293 e. The fraction of sp³-hybridized carbons (Fsp3) is 0.250. The van der Waals surface area contributed by atoms with E-state index in [2.05, 4.69) is 4.74 Å². The van der Waals surface area contributed by atoms with Gasteiger partial charge in [-0.1, -0.05) is 6.08 Å². The van der Waals surface area contributed by atoms with E-state index < -0.39 is 0 Å². The highest BCUT2D eigenvalue weighted by Crippen LogP contribution is 2.23. The lowest BCUT2D eigenvalue weighted by Crippen LogP contribution is -1.89. The Morgan fingerprint density at radius 1 is 1.12 bits per heavy atom. The van der Waals surface area contributed by atoms with Gasteiger partial charge in [-0.15, -0.1) is 0 Å². The molecule has 0 heterocycles. The number of ether oxygens (including phenoxy) is 3. The Bertz CT molecular complexity index is 349. The number of methoxy groups -OCH3 is 2. The molecule has 0 N–H and O–H groups in total. The molecule has 0 unspecified atom stereocenters. The predicted molar refractivity (Wildman–Crippen MR) is 60.6 cm³/mol. The topological polar surface area (TPSA) is 44.8 Å². The van der Waals surface area contributed by atoms with E-state index in [-0.39, 0.29) is 6.61 Å². The van der Waals surface area contributed by atoms with Gasteiger partial charge in [0, 0.05) is 6.07 Å². The Balaban J connectivity index is 2.78. The van der Waals surface area contributed by atoms with Gasteiger partial charge in [-0.25, -0.2) is 0 Å². The Morgan fingerprint density at radius 2 is 1.75 bits per heavy atom. The van der Waals surface area contributed by atoms with Crippen molar-refractivity contribution in [3.63, 3.8) is 0 Å². The molecule has 1 aromatic carbocycles. The minimum atomic E-state index is 0.253. The summed E-state index contributed by atoms with van der Waals surface area (Å²) in [6, 6.07) is 5.51. The zero-order valence-electron chi connectivity index (χ0n) is 9.30. The highest BCUT2D eigenvalue weighted by molar-refractivity contribution is 5.55. The average Bonchev–Trinajstić information content (AvgIpc) is 2.34. The van der Waals surface area contributed by atoms with Crippen molar-refractivity contribution >= 4 is 12.5 Å². The normalized spacial score (nSPS) is 10.1. The van der Waals surface area contributed by atoms with Crippen LogP contribution in [0.2, 0.25) is 0 Å². The molecule has 0 atom stereocenters. The fourth-order valence-electron chi connectivity index (χ4n) is 1.20. The lowest BCUT2D eigenvalue weighted by atomic mass is 10.2. The highest BCUT2D eigenvalue weighted by atomic mass is 16.5. The fourth-order valence-corrected chi connectivity index (χ4v) is 1.20. The average molecular weight is 222 g/mol. The first kappa shape index (κ1) is 12.1. The molecule has 16 heavy (non-hydrogen) atoms. The summed E-state index contributed by atoms with van der Waals surface area (Å²) in [6.45, 7) is 0.666.